The van der Waals surface area contributed by atoms with Gasteiger partial charge in [0.25, 0.3) is 5.91 Å². The Balaban J connectivity index is 2.20. The van der Waals surface area contributed by atoms with Crippen molar-refractivity contribution in [2.45, 2.75) is 0 Å². The number of benzene rings is 2. The van der Waals surface area contributed by atoms with Crippen LogP contribution in [0, 0.1) is 5.82 Å². The van der Waals surface area contributed by atoms with Crippen molar-refractivity contribution in [2.24, 2.45) is 0 Å². The zero-order chi connectivity index (χ0) is 14.0. The fourth-order valence-corrected chi connectivity index (χ4v) is 1.56. The van der Waals surface area contributed by atoms with Crippen molar-refractivity contribution >= 4 is 23.2 Å². The lowest BCUT2D eigenvalue weighted by atomic mass is 10.2. The number of halogens is 2. The van der Waals surface area contributed by atoms with E-state index in [0.29, 0.717) is 0 Å². The molecule has 0 aliphatic rings. The summed E-state index contributed by atoms with van der Waals surface area (Å²) in [6, 6.07) is 7.48. The van der Waals surface area contributed by atoms with Crippen LogP contribution in [0.3, 0.4) is 0 Å². The molecule has 19 heavy (non-hydrogen) atoms. The van der Waals surface area contributed by atoms with Gasteiger partial charge in [0, 0.05) is 11.3 Å². The summed E-state index contributed by atoms with van der Waals surface area (Å²) < 4.78 is 13.2. The predicted molar refractivity (Wildman–Crippen MR) is 69.1 cm³/mol. The van der Waals surface area contributed by atoms with Crippen molar-refractivity contribution in [1.29, 1.82) is 0 Å². The normalized spacial score (nSPS) is 10.2. The zero-order valence-corrected chi connectivity index (χ0v) is 10.3. The topological polar surface area (TPSA) is 69.6 Å². The maximum absolute atomic E-state index is 13.2. The molecule has 0 saturated heterocycles. The standard InChI is InChI=1S/C13H9ClFNO3/c14-9-3-2-8(6-10(9)15)16-13(19)7-1-4-11(17)12(18)5-7/h1-6,17-18H,(H,16,19). The molecule has 0 unspecified atom stereocenters. The molecule has 2 aromatic carbocycles. The van der Waals surface area contributed by atoms with Gasteiger partial charge in [-0.25, -0.2) is 4.39 Å². The highest BCUT2D eigenvalue weighted by Crippen LogP contribution is 2.25. The molecule has 0 spiro atoms. The number of hydrogen-bond acceptors (Lipinski definition) is 3. The monoisotopic (exact) mass is 281 g/mol. The van der Waals surface area contributed by atoms with Crippen LogP contribution in [0.5, 0.6) is 11.5 Å². The Hall–Kier alpha value is -2.27. The van der Waals surface area contributed by atoms with E-state index in [1.807, 2.05) is 0 Å². The summed E-state index contributed by atoms with van der Waals surface area (Å²) in [4.78, 5) is 11.8. The number of carbonyl (C=O) groups excluding carboxylic acids is 1. The minimum absolute atomic E-state index is 0.0414. The molecule has 0 radical (unpaired) electrons. The largest absolute Gasteiger partial charge is 0.504 e. The van der Waals surface area contributed by atoms with Gasteiger partial charge >= 0.3 is 0 Å². The molecule has 0 heterocycles. The van der Waals surface area contributed by atoms with Crippen LogP contribution in [0.4, 0.5) is 10.1 Å². The van der Waals surface area contributed by atoms with Crippen LogP contribution in [0.1, 0.15) is 10.4 Å². The molecular formula is C13H9ClFNO3. The van der Waals surface area contributed by atoms with Gasteiger partial charge in [-0.2, -0.15) is 0 Å². The van der Waals surface area contributed by atoms with Gasteiger partial charge in [-0.1, -0.05) is 11.6 Å². The third kappa shape index (κ3) is 2.95. The molecule has 98 valence electrons. The fourth-order valence-electron chi connectivity index (χ4n) is 1.44. The molecule has 2 rings (SSSR count). The van der Waals surface area contributed by atoms with Crippen molar-refractivity contribution in [3.8, 4) is 11.5 Å². The van der Waals surface area contributed by atoms with Gasteiger partial charge in [0.1, 0.15) is 5.82 Å². The van der Waals surface area contributed by atoms with Crippen LogP contribution in [0.25, 0.3) is 0 Å². The fraction of sp³-hybridized carbons (Fsp3) is 0. The molecule has 1 amide bonds. The third-order valence-electron chi connectivity index (χ3n) is 2.42. The van der Waals surface area contributed by atoms with Crippen molar-refractivity contribution < 1.29 is 19.4 Å². The maximum atomic E-state index is 13.2. The molecule has 2 aromatic rings. The highest BCUT2D eigenvalue weighted by Gasteiger charge is 2.10. The van der Waals surface area contributed by atoms with Gasteiger partial charge in [-0.15, -0.1) is 0 Å². The summed E-state index contributed by atoms with van der Waals surface area (Å²) in [7, 11) is 0. The number of phenolic OH excluding ortho intramolecular Hbond substituents is 2. The number of rotatable bonds is 2. The average Bonchev–Trinajstić information content (AvgIpc) is 2.37. The third-order valence-corrected chi connectivity index (χ3v) is 2.72. The first kappa shape index (κ1) is 13.2. The molecule has 0 atom stereocenters. The Labute approximate surface area is 113 Å². The van der Waals surface area contributed by atoms with Crippen LogP contribution in [0.15, 0.2) is 36.4 Å². The highest BCUT2D eigenvalue weighted by atomic mass is 35.5. The Morgan fingerprint density at radius 3 is 2.47 bits per heavy atom. The van der Waals surface area contributed by atoms with E-state index in [2.05, 4.69) is 5.32 Å². The van der Waals surface area contributed by atoms with Crippen molar-refractivity contribution in [1.82, 2.24) is 0 Å². The average molecular weight is 282 g/mol. The quantitative estimate of drug-likeness (QED) is 0.741. The van der Waals surface area contributed by atoms with E-state index >= 15 is 0 Å². The first-order valence-electron chi connectivity index (χ1n) is 5.26. The van der Waals surface area contributed by atoms with Crippen LogP contribution < -0.4 is 5.32 Å². The van der Waals surface area contributed by atoms with E-state index in [1.165, 1.54) is 24.3 Å². The van der Waals surface area contributed by atoms with Crippen LogP contribution in [-0.2, 0) is 0 Å². The molecule has 4 nitrogen and oxygen atoms in total. The molecule has 0 aliphatic heterocycles. The summed E-state index contributed by atoms with van der Waals surface area (Å²) in [6.45, 7) is 0. The van der Waals surface area contributed by atoms with E-state index in [4.69, 9.17) is 16.7 Å². The summed E-state index contributed by atoms with van der Waals surface area (Å²) >= 11 is 5.52. The second-order valence-electron chi connectivity index (χ2n) is 3.79. The number of nitrogens with one attached hydrogen (secondary N) is 1. The van der Waals surface area contributed by atoms with Gasteiger partial charge in [-0.3, -0.25) is 4.79 Å². The molecule has 3 N–H and O–H groups in total. The Morgan fingerprint density at radius 1 is 1.11 bits per heavy atom. The smallest absolute Gasteiger partial charge is 0.255 e. The number of carbonyl (C=O) groups is 1. The Kier molecular flexibility index (Phi) is 3.57. The van der Waals surface area contributed by atoms with E-state index in [0.717, 1.165) is 12.1 Å². The minimum Gasteiger partial charge on any atom is -0.504 e. The number of amides is 1. The lowest BCUT2D eigenvalue weighted by Crippen LogP contribution is -2.11. The van der Waals surface area contributed by atoms with Crippen molar-refractivity contribution in [2.75, 3.05) is 5.32 Å². The first-order valence-corrected chi connectivity index (χ1v) is 5.63. The van der Waals surface area contributed by atoms with Crippen molar-refractivity contribution in [3.63, 3.8) is 0 Å². The molecule has 6 heteroatoms. The summed E-state index contributed by atoms with van der Waals surface area (Å²) in [5.41, 5.74) is 0.366. The van der Waals surface area contributed by atoms with E-state index < -0.39 is 17.5 Å². The number of phenols is 2. The van der Waals surface area contributed by atoms with E-state index in [9.17, 15) is 14.3 Å². The Bertz CT molecular complexity index is 646. The van der Waals surface area contributed by atoms with Gasteiger partial charge in [0.2, 0.25) is 0 Å². The van der Waals surface area contributed by atoms with Crippen molar-refractivity contribution in [3.05, 3.63) is 52.8 Å². The lowest BCUT2D eigenvalue weighted by Gasteiger charge is -2.06. The van der Waals surface area contributed by atoms with Gasteiger partial charge in [0.15, 0.2) is 11.5 Å². The Morgan fingerprint density at radius 2 is 1.84 bits per heavy atom. The van der Waals surface area contributed by atoms with Gasteiger partial charge in [-0.05, 0) is 36.4 Å². The first-order chi connectivity index (χ1) is 8.97. The van der Waals surface area contributed by atoms with Crippen LogP contribution >= 0.6 is 11.6 Å². The van der Waals surface area contributed by atoms with Crippen LogP contribution in [0.2, 0.25) is 5.02 Å². The predicted octanol–water partition coefficient (Wildman–Crippen LogP) is 3.14. The second kappa shape index (κ2) is 5.16. The minimum atomic E-state index is -0.645. The lowest BCUT2D eigenvalue weighted by molar-refractivity contribution is 0.102. The van der Waals surface area contributed by atoms with Crippen LogP contribution in [-0.4, -0.2) is 16.1 Å². The number of anilines is 1. The zero-order valence-electron chi connectivity index (χ0n) is 9.52. The highest BCUT2D eigenvalue weighted by molar-refractivity contribution is 6.30. The number of hydrogen-bond donors (Lipinski definition) is 3. The summed E-state index contributed by atoms with van der Waals surface area (Å²) in [6.07, 6.45) is 0. The number of aromatic hydroxyl groups is 2. The molecule has 0 saturated carbocycles. The molecule has 0 bridgehead atoms. The van der Waals surface area contributed by atoms with Gasteiger partial charge in [0.05, 0.1) is 5.02 Å². The SMILES string of the molecule is O=C(Nc1ccc(Cl)c(F)c1)c1ccc(O)c(O)c1. The molecule has 0 fully saturated rings. The summed E-state index contributed by atoms with van der Waals surface area (Å²) in [5, 5.41) is 20.8. The van der Waals surface area contributed by atoms with E-state index in [1.54, 1.807) is 0 Å². The molecule has 0 aromatic heterocycles. The maximum Gasteiger partial charge on any atom is 0.255 e. The van der Waals surface area contributed by atoms with Gasteiger partial charge < -0.3 is 15.5 Å². The molecular weight excluding hydrogens is 273 g/mol. The molecule has 0 aliphatic carbocycles. The second-order valence-corrected chi connectivity index (χ2v) is 4.19. The summed E-state index contributed by atoms with van der Waals surface area (Å²) in [5.74, 6) is -1.92. The van der Waals surface area contributed by atoms with E-state index in [-0.39, 0.29) is 22.0 Å².